The number of aryl methyl sites for hydroxylation is 1. The fraction of sp³-hybridized carbons (Fsp3) is 0.448. The Kier molecular flexibility index (Phi) is 7.86. The van der Waals surface area contributed by atoms with Crippen LogP contribution in [0.2, 0.25) is 5.02 Å². The number of carbonyl (C=O) groups excluding carboxylic acids is 1. The molecule has 1 aromatic heterocycles. The molecule has 1 aliphatic carbocycles. The number of piperidine rings is 1. The summed E-state index contributed by atoms with van der Waals surface area (Å²) < 4.78 is 10.8. The number of benzene rings is 2. The van der Waals surface area contributed by atoms with E-state index < -0.39 is 5.41 Å². The summed E-state index contributed by atoms with van der Waals surface area (Å²) in [6.45, 7) is 5.47. The Bertz CT molecular complexity index is 1260. The van der Waals surface area contributed by atoms with Crippen LogP contribution in [0.4, 0.5) is 5.13 Å². The van der Waals surface area contributed by atoms with Gasteiger partial charge in [-0.25, -0.2) is 4.98 Å². The highest BCUT2D eigenvalue weighted by Crippen LogP contribution is 2.50. The molecule has 2 heterocycles. The molecule has 0 spiro atoms. The van der Waals surface area contributed by atoms with E-state index in [4.69, 9.17) is 21.1 Å². The number of nitrogens with zero attached hydrogens (tertiary/aromatic N) is 2. The molecule has 2 aliphatic rings. The molecule has 6 nitrogen and oxygen atoms in total. The lowest BCUT2D eigenvalue weighted by Crippen LogP contribution is -2.40. The van der Waals surface area contributed by atoms with Gasteiger partial charge in [0, 0.05) is 29.2 Å². The molecule has 1 N–H and O–H groups in total. The van der Waals surface area contributed by atoms with Gasteiger partial charge < -0.3 is 14.8 Å². The average molecular weight is 540 g/mol. The standard InChI is InChI=1S/C29H34ClN3O3S/c1-19-11-12-21(16-24(19)36-18-35-3)29(13-14-29)27(34)32-28-31-17-25(37-28)26(22-9-4-5-10-23(22)30)33-15-7-6-8-20(33)2/h4-5,9-12,16-17,20,26H,6-8,13-15,18H2,1-3H3,(H,31,32,34). The highest BCUT2D eigenvalue weighted by atomic mass is 35.5. The van der Waals surface area contributed by atoms with Gasteiger partial charge in [0.1, 0.15) is 5.75 Å². The second-order valence-electron chi connectivity index (χ2n) is 10.1. The van der Waals surface area contributed by atoms with Crippen LogP contribution in [0.25, 0.3) is 0 Å². The molecule has 196 valence electrons. The van der Waals surface area contributed by atoms with Crippen molar-refractivity contribution in [1.29, 1.82) is 0 Å². The summed E-state index contributed by atoms with van der Waals surface area (Å²) in [5.74, 6) is 0.726. The van der Waals surface area contributed by atoms with E-state index in [-0.39, 0.29) is 18.7 Å². The molecule has 1 aliphatic heterocycles. The minimum absolute atomic E-state index is 0.0135. The maximum atomic E-state index is 13.5. The number of hydrogen-bond donors (Lipinski definition) is 1. The van der Waals surface area contributed by atoms with Crippen molar-refractivity contribution in [1.82, 2.24) is 9.88 Å². The zero-order chi connectivity index (χ0) is 26.0. The number of carbonyl (C=O) groups is 1. The Balaban J connectivity index is 1.38. The number of thiazole rings is 1. The van der Waals surface area contributed by atoms with Gasteiger partial charge in [-0.3, -0.25) is 9.69 Å². The Labute approximate surface area is 228 Å². The zero-order valence-electron chi connectivity index (χ0n) is 21.6. The first kappa shape index (κ1) is 26.2. The van der Waals surface area contributed by atoms with Crippen LogP contribution in [0, 0.1) is 6.92 Å². The van der Waals surface area contributed by atoms with E-state index in [2.05, 4.69) is 28.2 Å². The molecule has 0 bridgehead atoms. The maximum Gasteiger partial charge on any atom is 0.236 e. The Morgan fingerprint density at radius 1 is 1.27 bits per heavy atom. The van der Waals surface area contributed by atoms with Crippen molar-refractivity contribution in [2.45, 2.75) is 63.5 Å². The number of ether oxygens (including phenoxy) is 2. The molecule has 0 radical (unpaired) electrons. The molecule has 37 heavy (non-hydrogen) atoms. The van der Waals surface area contributed by atoms with Gasteiger partial charge in [0.15, 0.2) is 11.9 Å². The van der Waals surface area contributed by atoms with Crippen molar-refractivity contribution in [3.05, 3.63) is 75.3 Å². The van der Waals surface area contributed by atoms with Crippen molar-refractivity contribution in [2.24, 2.45) is 0 Å². The fourth-order valence-electron chi connectivity index (χ4n) is 5.33. The molecule has 1 saturated heterocycles. The number of likely N-dealkylation sites (tertiary alicyclic amines) is 1. The van der Waals surface area contributed by atoms with E-state index in [1.54, 1.807) is 7.11 Å². The Morgan fingerprint density at radius 3 is 2.81 bits per heavy atom. The number of anilines is 1. The van der Waals surface area contributed by atoms with Crippen molar-refractivity contribution in [3.63, 3.8) is 0 Å². The van der Waals surface area contributed by atoms with E-state index in [1.807, 2.05) is 49.5 Å². The number of methoxy groups -OCH3 is 1. The van der Waals surface area contributed by atoms with Crippen molar-refractivity contribution < 1.29 is 14.3 Å². The van der Waals surface area contributed by atoms with Crippen LogP contribution in [0.5, 0.6) is 5.75 Å². The molecular weight excluding hydrogens is 506 g/mol. The van der Waals surface area contributed by atoms with E-state index in [0.29, 0.717) is 11.2 Å². The minimum Gasteiger partial charge on any atom is -0.467 e. The second kappa shape index (κ2) is 11.1. The van der Waals surface area contributed by atoms with Crippen LogP contribution in [-0.2, 0) is 14.9 Å². The van der Waals surface area contributed by atoms with Crippen molar-refractivity contribution in [2.75, 3.05) is 25.8 Å². The van der Waals surface area contributed by atoms with E-state index in [9.17, 15) is 4.79 Å². The third-order valence-corrected chi connectivity index (χ3v) is 8.97. The van der Waals surface area contributed by atoms with Crippen molar-refractivity contribution >= 4 is 34.0 Å². The van der Waals surface area contributed by atoms with Gasteiger partial charge in [0.2, 0.25) is 5.91 Å². The lowest BCUT2D eigenvalue weighted by molar-refractivity contribution is -0.118. The molecule has 5 rings (SSSR count). The van der Waals surface area contributed by atoms with Gasteiger partial charge in [-0.15, -0.1) is 0 Å². The van der Waals surface area contributed by atoms with Crippen LogP contribution in [0.15, 0.2) is 48.7 Å². The highest BCUT2D eigenvalue weighted by molar-refractivity contribution is 7.15. The van der Waals surface area contributed by atoms with Crippen molar-refractivity contribution in [3.8, 4) is 5.75 Å². The lowest BCUT2D eigenvalue weighted by atomic mass is 9.94. The summed E-state index contributed by atoms with van der Waals surface area (Å²) >= 11 is 8.23. The third-order valence-electron chi connectivity index (χ3n) is 7.66. The Morgan fingerprint density at radius 2 is 2.08 bits per heavy atom. The molecule has 2 fully saturated rings. The fourth-order valence-corrected chi connectivity index (χ4v) is 6.52. The summed E-state index contributed by atoms with van der Waals surface area (Å²) in [6.07, 6.45) is 7.09. The number of rotatable bonds is 9. The number of aromatic nitrogens is 1. The minimum atomic E-state index is -0.547. The highest BCUT2D eigenvalue weighted by Gasteiger charge is 2.51. The summed E-state index contributed by atoms with van der Waals surface area (Å²) in [5, 5.41) is 4.51. The third kappa shape index (κ3) is 5.41. The quantitative estimate of drug-likeness (QED) is 0.306. The van der Waals surface area contributed by atoms with Crippen LogP contribution < -0.4 is 10.1 Å². The average Bonchev–Trinajstić information content (AvgIpc) is 3.59. The van der Waals surface area contributed by atoms with Gasteiger partial charge in [0.05, 0.1) is 11.5 Å². The summed E-state index contributed by atoms with van der Waals surface area (Å²) in [5.41, 5.74) is 2.52. The van der Waals surface area contributed by atoms with Gasteiger partial charge in [-0.1, -0.05) is 59.7 Å². The van der Waals surface area contributed by atoms with E-state index in [0.717, 1.165) is 51.7 Å². The number of hydrogen-bond acceptors (Lipinski definition) is 6. The number of nitrogens with one attached hydrogen (secondary N) is 1. The summed E-state index contributed by atoms with van der Waals surface area (Å²) in [6, 6.07) is 14.5. The monoisotopic (exact) mass is 539 g/mol. The summed E-state index contributed by atoms with van der Waals surface area (Å²) in [7, 11) is 1.60. The van der Waals surface area contributed by atoms with Gasteiger partial charge in [0.25, 0.3) is 0 Å². The van der Waals surface area contributed by atoms with Gasteiger partial charge >= 0.3 is 0 Å². The molecule has 2 aromatic carbocycles. The molecular formula is C29H34ClN3O3S. The Hall–Kier alpha value is -2.45. The van der Waals surface area contributed by atoms with E-state index in [1.165, 1.54) is 30.6 Å². The first-order valence-electron chi connectivity index (χ1n) is 12.9. The molecule has 8 heteroatoms. The molecule has 1 saturated carbocycles. The first-order chi connectivity index (χ1) is 17.9. The molecule has 3 aromatic rings. The first-order valence-corrected chi connectivity index (χ1v) is 14.1. The van der Waals surface area contributed by atoms with Gasteiger partial charge in [-0.05, 0) is 74.9 Å². The SMILES string of the molecule is COCOc1cc(C2(C(=O)Nc3ncc(C(c4ccccc4Cl)N4CCCCC4C)s3)CC2)ccc1C. The topological polar surface area (TPSA) is 63.7 Å². The summed E-state index contributed by atoms with van der Waals surface area (Å²) in [4.78, 5) is 21.8. The second-order valence-corrected chi connectivity index (χ2v) is 11.6. The van der Waals surface area contributed by atoms with Gasteiger partial charge in [-0.2, -0.15) is 0 Å². The zero-order valence-corrected chi connectivity index (χ0v) is 23.2. The molecule has 1 amide bonds. The lowest BCUT2D eigenvalue weighted by Gasteiger charge is -2.39. The van der Waals surface area contributed by atoms with E-state index >= 15 is 0 Å². The normalized spacial score (nSPS) is 19.8. The number of halogens is 1. The number of amides is 1. The maximum absolute atomic E-state index is 13.5. The molecule has 2 unspecified atom stereocenters. The smallest absolute Gasteiger partial charge is 0.236 e. The molecule has 2 atom stereocenters. The largest absolute Gasteiger partial charge is 0.467 e. The van der Waals surface area contributed by atoms with Crippen LogP contribution in [0.1, 0.15) is 66.6 Å². The van der Waals surface area contributed by atoms with Crippen LogP contribution >= 0.6 is 22.9 Å². The van der Waals surface area contributed by atoms with Crippen LogP contribution in [-0.4, -0.2) is 42.3 Å². The predicted octanol–water partition coefficient (Wildman–Crippen LogP) is 6.72. The predicted molar refractivity (Wildman–Crippen MR) is 149 cm³/mol. The van der Waals surface area contributed by atoms with Crippen LogP contribution in [0.3, 0.4) is 0 Å².